The summed E-state index contributed by atoms with van der Waals surface area (Å²) < 4.78 is 6.33. The minimum atomic E-state index is -0.429. The maximum Gasteiger partial charge on any atom is 0.158 e. The van der Waals surface area contributed by atoms with E-state index in [0.717, 1.165) is 33.7 Å². The minimum absolute atomic E-state index is 0.429. The van der Waals surface area contributed by atoms with Crippen molar-refractivity contribution >= 4 is 28.4 Å². The molecular weight excluding hydrogens is 486 g/mol. The summed E-state index contributed by atoms with van der Waals surface area (Å²) in [6, 6.07) is 43.6. The molecule has 0 saturated heterocycles. The molecule has 1 heterocycles. The summed E-state index contributed by atoms with van der Waals surface area (Å²) in [6.07, 6.45) is 5.63. The standard InChI is InChI=1S/C38H29NO/c1-3-4-22-36-26(2)30-19-13-21-35(37(30)40-36)39-29-23-24-32-31-18-11-12-20-33(31)38(34(32)25-29,27-14-7-5-8-15-27)28-16-9-6-10-17-28/h3-25,39H,1H2,2H3/b22-4-. The molecule has 5 aromatic carbocycles. The molecule has 0 saturated carbocycles. The van der Waals surface area contributed by atoms with Crippen LogP contribution in [0.5, 0.6) is 0 Å². The van der Waals surface area contributed by atoms with Crippen molar-refractivity contribution in [2.24, 2.45) is 0 Å². The first-order valence-electron chi connectivity index (χ1n) is 13.7. The van der Waals surface area contributed by atoms with E-state index in [1.165, 1.54) is 33.4 Å². The van der Waals surface area contributed by atoms with Gasteiger partial charge in [0.15, 0.2) is 5.58 Å². The number of para-hydroxylation sites is 1. The molecule has 1 N–H and O–H groups in total. The lowest BCUT2D eigenvalue weighted by Crippen LogP contribution is -2.28. The molecule has 192 valence electrons. The summed E-state index contributed by atoms with van der Waals surface area (Å²) >= 11 is 0. The molecule has 0 radical (unpaired) electrons. The molecule has 1 aromatic heterocycles. The molecule has 0 aliphatic heterocycles. The van der Waals surface area contributed by atoms with Crippen LogP contribution in [0.2, 0.25) is 0 Å². The lowest BCUT2D eigenvalue weighted by molar-refractivity contribution is 0.602. The van der Waals surface area contributed by atoms with Gasteiger partial charge in [-0.15, -0.1) is 0 Å². The Morgan fingerprint density at radius 3 is 2.10 bits per heavy atom. The van der Waals surface area contributed by atoms with Crippen molar-refractivity contribution < 1.29 is 4.42 Å². The van der Waals surface area contributed by atoms with Crippen LogP contribution in [0, 0.1) is 6.92 Å². The average Bonchev–Trinajstić information content (AvgIpc) is 3.49. The second-order valence-electron chi connectivity index (χ2n) is 10.3. The zero-order chi connectivity index (χ0) is 27.1. The number of benzene rings is 5. The normalized spacial score (nSPS) is 13.3. The maximum absolute atomic E-state index is 6.33. The first kappa shape index (κ1) is 24.0. The Morgan fingerprint density at radius 1 is 0.700 bits per heavy atom. The summed E-state index contributed by atoms with van der Waals surface area (Å²) in [5.74, 6) is 0.848. The number of aryl methyl sites for hydroxylation is 1. The molecular formula is C38H29NO. The van der Waals surface area contributed by atoms with Crippen LogP contribution in [-0.2, 0) is 5.41 Å². The van der Waals surface area contributed by atoms with Crippen LogP contribution < -0.4 is 5.32 Å². The van der Waals surface area contributed by atoms with Crippen LogP contribution in [-0.4, -0.2) is 0 Å². The Bertz CT molecular complexity index is 1850. The molecule has 40 heavy (non-hydrogen) atoms. The molecule has 2 heteroatoms. The Hall–Kier alpha value is -5.08. The minimum Gasteiger partial charge on any atom is -0.454 e. The van der Waals surface area contributed by atoms with Crippen molar-refractivity contribution in [3.05, 3.63) is 174 Å². The quantitative estimate of drug-likeness (QED) is 0.223. The van der Waals surface area contributed by atoms with Gasteiger partial charge in [0.25, 0.3) is 0 Å². The number of furan rings is 1. The van der Waals surface area contributed by atoms with Gasteiger partial charge in [0.1, 0.15) is 5.76 Å². The van der Waals surface area contributed by atoms with E-state index >= 15 is 0 Å². The van der Waals surface area contributed by atoms with E-state index in [2.05, 4.69) is 140 Å². The van der Waals surface area contributed by atoms with Gasteiger partial charge < -0.3 is 9.73 Å². The van der Waals surface area contributed by atoms with Gasteiger partial charge in [0, 0.05) is 16.6 Å². The van der Waals surface area contributed by atoms with Gasteiger partial charge in [-0.1, -0.05) is 122 Å². The van der Waals surface area contributed by atoms with Gasteiger partial charge in [0.2, 0.25) is 0 Å². The van der Waals surface area contributed by atoms with Gasteiger partial charge >= 0.3 is 0 Å². The first-order chi connectivity index (χ1) is 19.7. The summed E-state index contributed by atoms with van der Waals surface area (Å²) in [5, 5.41) is 4.80. The number of anilines is 2. The zero-order valence-corrected chi connectivity index (χ0v) is 22.4. The third-order valence-electron chi connectivity index (χ3n) is 8.12. The Kier molecular flexibility index (Phi) is 5.75. The van der Waals surface area contributed by atoms with Crippen LogP contribution in [0.25, 0.3) is 28.2 Å². The maximum atomic E-state index is 6.33. The monoisotopic (exact) mass is 515 g/mol. The predicted octanol–water partition coefficient (Wildman–Crippen LogP) is 10.0. The molecule has 0 fully saturated rings. The van der Waals surface area contributed by atoms with E-state index in [0.29, 0.717) is 0 Å². The van der Waals surface area contributed by atoms with Crippen molar-refractivity contribution in [3.8, 4) is 11.1 Å². The van der Waals surface area contributed by atoms with Crippen molar-refractivity contribution in [3.63, 3.8) is 0 Å². The van der Waals surface area contributed by atoms with Crippen molar-refractivity contribution in [1.29, 1.82) is 0 Å². The van der Waals surface area contributed by atoms with E-state index in [1.807, 2.05) is 12.2 Å². The van der Waals surface area contributed by atoms with E-state index in [9.17, 15) is 0 Å². The van der Waals surface area contributed by atoms with Crippen molar-refractivity contribution in [2.45, 2.75) is 12.3 Å². The molecule has 0 atom stereocenters. The fourth-order valence-electron chi connectivity index (χ4n) is 6.35. The highest BCUT2D eigenvalue weighted by atomic mass is 16.3. The highest BCUT2D eigenvalue weighted by Crippen LogP contribution is 2.56. The highest BCUT2D eigenvalue weighted by molar-refractivity contribution is 5.95. The number of fused-ring (bicyclic) bond motifs is 4. The number of rotatable bonds is 6. The Morgan fingerprint density at radius 2 is 1.38 bits per heavy atom. The number of allylic oxidation sites excluding steroid dienone is 2. The molecule has 1 aliphatic carbocycles. The average molecular weight is 516 g/mol. The van der Waals surface area contributed by atoms with Crippen LogP contribution in [0.4, 0.5) is 11.4 Å². The number of nitrogens with one attached hydrogen (secondary N) is 1. The molecule has 0 bridgehead atoms. The number of hydrogen-bond acceptors (Lipinski definition) is 2. The van der Waals surface area contributed by atoms with Crippen LogP contribution in [0.1, 0.15) is 33.6 Å². The predicted molar refractivity (Wildman–Crippen MR) is 167 cm³/mol. The second kappa shape index (κ2) is 9.59. The first-order valence-corrected chi connectivity index (χ1v) is 13.7. The second-order valence-corrected chi connectivity index (χ2v) is 10.3. The lowest BCUT2D eigenvalue weighted by Gasteiger charge is -2.34. The third kappa shape index (κ3) is 3.57. The molecule has 2 nitrogen and oxygen atoms in total. The topological polar surface area (TPSA) is 25.2 Å². The summed E-state index contributed by atoms with van der Waals surface area (Å²) in [5.41, 5.74) is 11.1. The molecule has 6 aromatic rings. The SMILES string of the molecule is C=C/C=C\c1oc2c(Nc3ccc4c(c3)C(c3ccccc3)(c3ccccc3)c3ccccc3-4)cccc2c1C. The largest absolute Gasteiger partial charge is 0.454 e. The van der Waals surface area contributed by atoms with E-state index in [1.54, 1.807) is 6.08 Å². The Balaban J connectivity index is 1.43. The summed E-state index contributed by atoms with van der Waals surface area (Å²) in [4.78, 5) is 0. The van der Waals surface area contributed by atoms with Crippen molar-refractivity contribution in [2.75, 3.05) is 5.32 Å². The number of hydrogen-bond donors (Lipinski definition) is 1. The highest BCUT2D eigenvalue weighted by Gasteiger charge is 2.46. The summed E-state index contributed by atoms with van der Waals surface area (Å²) in [6.45, 7) is 5.89. The Labute approximate surface area is 234 Å². The fourth-order valence-corrected chi connectivity index (χ4v) is 6.35. The molecule has 1 aliphatic rings. The smallest absolute Gasteiger partial charge is 0.158 e. The van der Waals surface area contributed by atoms with Gasteiger partial charge in [0.05, 0.1) is 11.1 Å². The fraction of sp³-hybridized carbons (Fsp3) is 0.0526. The van der Waals surface area contributed by atoms with Gasteiger partial charge in [-0.2, -0.15) is 0 Å². The van der Waals surface area contributed by atoms with Gasteiger partial charge in [-0.05, 0) is 64.6 Å². The molecule has 7 rings (SSSR count). The van der Waals surface area contributed by atoms with Gasteiger partial charge in [-0.3, -0.25) is 0 Å². The van der Waals surface area contributed by atoms with Crippen LogP contribution in [0.15, 0.2) is 144 Å². The van der Waals surface area contributed by atoms with Crippen LogP contribution >= 0.6 is 0 Å². The molecule has 0 spiro atoms. The van der Waals surface area contributed by atoms with E-state index in [-0.39, 0.29) is 0 Å². The zero-order valence-electron chi connectivity index (χ0n) is 22.4. The van der Waals surface area contributed by atoms with Gasteiger partial charge in [-0.25, -0.2) is 0 Å². The molecule has 0 amide bonds. The lowest BCUT2D eigenvalue weighted by atomic mass is 9.67. The summed E-state index contributed by atoms with van der Waals surface area (Å²) in [7, 11) is 0. The molecule has 0 unspecified atom stereocenters. The van der Waals surface area contributed by atoms with Crippen LogP contribution in [0.3, 0.4) is 0 Å². The van der Waals surface area contributed by atoms with E-state index in [4.69, 9.17) is 4.42 Å². The van der Waals surface area contributed by atoms with E-state index < -0.39 is 5.41 Å². The van der Waals surface area contributed by atoms with Crippen molar-refractivity contribution in [1.82, 2.24) is 0 Å². The third-order valence-corrected chi connectivity index (χ3v) is 8.12.